The van der Waals surface area contributed by atoms with E-state index in [1.165, 1.54) is 0 Å². The summed E-state index contributed by atoms with van der Waals surface area (Å²) in [6.07, 6.45) is 0. The van der Waals surface area contributed by atoms with Crippen LogP contribution in [-0.4, -0.2) is 12.9 Å². The van der Waals surface area contributed by atoms with Gasteiger partial charge in [-0.1, -0.05) is 45.0 Å². The number of rotatable bonds is 4. The predicted molar refractivity (Wildman–Crippen MR) is 78.0 cm³/mol. The second-order valence-corrected chi connectivity index (χ2v) is 5.82. The van der Waals surface area contributed by atoms with E-state index in [0.29, 0.717) is 23.7 Å². The minimum absolute atomic E-state index is 0.0853. The van der Waals surface area contributed by atoms with Crippen molar-refractivity contribution in [3.8, 4) is 0 Å². The van der Waals surface area contributed by atoms with Gasteiger partial charge in [-0.2, -0.15) is 0 Å². The number of hydrogen-bond donors (Lipinski definition) is 0. The van der Waals surface area contributed by atoms with Crippen molar-refractivity contribution < 1.29 is 13.9 Å². The summed E-state index contributed by atoms with van der Waals surface area (Å²) in [6.45, 7) is 6.65. The summed E-state index contributed by atoms with van der Waals surface area (Å²) >= 11 is 0. The molecule has 0 spiro atoms. The maximum atomic E-state index is 12.6. The molecular weight excluding hydrogens is 252 g/mol. The molecule has 0 aliphatic rings. The summed E-state index contributed by atoms with van der Waals surface area (Å²) in [5.74, 6) is 0.927. The number of carbonyl (C=O) groups excluding carboxylic acids is 1. The van der Waals surface area contributed by atoms with Gasteiger partial charge in [0.05, 0.1) is 0 Å². The van der Waals surface area contributed by atoms with E-state index >= 15 is 0 Å². The molecule has 0 amide bonds. The second kappa shape index (κ2) is 5.63. The van der Waals surface area contributed by atoms with Crippen molar-refractivity contribution in [2.24, 2.45) is 0 Å². The third kappa shape index (κ3) is 2.99. The first kappa shape index (κ1) is 14.5. The van der Waals surface area contributed by atoms with E-state index in [2.05, 4.69) is 20.8 Å². The molecule has 0 atom stereocenters. The molecule has 20 heavy (non-hydrogen) atoms. The quantitative estimate of drug-likeness (QED) is 0.791. The number of methoxy groups -OCH3 is 1. The maximum Gasteiger partial charge on any atom is 0.228 e. The number of carbonyl (C=O) groups is 1. The summed E-state index contributed by atoms with van der Waals surface area (Å²) in [7, 11) is 1.60. The maximum absolute atomic E-state index is 12.6. The molecular formula is C17H20O3. The van der Waals surface area contributed by atoms with E-state index in [1.807, 2.05) is 24.3 Å². The van der Waals surface area contributed by atoms with Gasteiger partial charge in [-0.05, 0) is 23.1 Å². The van der Waals surface area contributed by atoms with E-state index in [-0.39, 0.29) is 11.2 Å². The van der Waals surface area contributed by atoms with Crippen LogP contribution in [0.2, 0.25) is 0 Å². The standard InChI is InChI=1S/C17H20O3/c1-17(2,3)14-8-6-5-7-13(14)16(18)15-10-9-12(20-15)11-19-4/h5-10H,11H2,1-4H3. The Balaban J connectivity index is 2.38. The molecule has 1 heterocycles. The Morgan fingerprint density at radius 2 is 1.85 bits per heavy atom. The third-order valence-corrected chi connectivity index (χ3v) is 3.15. The Kier molecular flexibility index (Phi) is 4.09. The lowest BCUT2D eigenvalue weighted by atomic mass is 9.82. The molecule has 3 heteroatoms. The van der Waals surface area contributed by atoms with Gasteiger partial charge < -0.3 is 9.15 Å². The fourth-order valence-corrected chi connectivity index (χ4v) is 2.19. The van der Waals surface area contributed by atoms with Crippen molar-refractivity contribution in [2.75, 3.05) is 7.11 Å². The molecule has 0 radical (unpaired) electrons. The molecule has 0 N–H and O–H groups in total. The molecule has 0 aliphatic carbocycles. The monoisotopic (exact) mass is 272 g/mol. The molecule has 0 bridgehead atoms. The molecule has 1 aromatic heterocycles. The normalized spacial score (nSPS) is 11.6. The van der Waals surface area contributed by atoms with Crippen molar-refractivity contribution >= 4 is 5.78 Å². The van der Waals surface area contributed by atoms with Crippen LogP contribution in [0.3, 0.4) is 0 Å². The van der Waals surface area contributed by atoms with Crippen molar-refractivity contribution in [1.82, 2.24) is 0 Å². The van der Waals surface area contributed by atoms with Gasteiger partial charge in [0.25, 0.3) is 0 Å². The highest BCUT2D eigenvalue weighted by atomic mass is 16.5. The largest absolute Gasteiger partial charge is 0.455 e. The van der Waals surface area contributed by atoms with E-state index in [4.69, 9.17) is 9.15 Å². The van der Waals surface area contributed by atoms with Crippen LogP contribution in [0.25, 0.3) is 0 Å². The Morgan fingerprint density at radius 3 is 2.50 bits per heavy atom. The fourth-order valence-electron chi connectivity index (χ4n) is 2.19. The number of ether oxygens (including phenoxy) is 1. The van der Waals surface area contributed by atoms with E-state index in [9.17, 15) is 4.79 Å². The van der Waals surface area contributed by atoms with Gasteiger partial charge in [-0.15, -0.1) is 0 Å². The van der Waals surface area contributed by atoms with Crippen LogP contribution in [-0.2, 0) is 16.8 Å². The molecule has 0 fully saturated rings. The number of ketones is 1. The topological polar surface area (TPSA) is 39.4 Å². The number of hydrogen-bond acceptors (Lipinski definition) is 3. The molecule has 2 rings (SSSR count). The van der Waals surface area contributed by atoms with Crippen LogP contribution in [0.5, 0.6) is 0 Å². The molecule has 1 aromatic carbocycles. The Morgan fingerprint density at radius 1 is 1.15 bits per heavy atom. The summed E-state index contributed by atoms with van der Waals surface area (Å²) < 4.78 is 10.5. The SMILES string of the molecule is COCc1ccc(C(=O)c2ccccc2C(C)(C)C)o1. The zero-order valence-corrected chi connectivity index (χ0v) is 12.4. The lowest BCUT2D eigenvalue weighted by Gasteiger charge is -2.21. The third-order valence-electron chi connectivity index (χ3n) is 3.15. The Bertz CT molecular complexity index is 603. The van der Waals surface area contributed by atoms with E-state index in [0.717, 1.165) is 5.56 Å². The van der Waals surface area contributed by atoms with Gasteiger partial charge in [-0.3, -0.25) is 4.79 Å². The van der Waals surface area contributed by atoms with Crippen LogP contribution in [0.1, 0.15) is 48.2 Å². The summed E-state index contributed by atoms with van der Waals surface area (Å²) in [5, 5.41) is 0. The smallest absolute Gasteiger partial charge is 0.228 e. The highest BCUT2D eigenvalue weighted by Crippen LogP contribution is 2.27. The van der Waals surface area contributed by atoms with Gasteiger partial charge >= 0.3 is 0 Å². The first-order valence-corrected chi connectivity index (χ1v) is 6.65. The zero-order chi connectivity index (χ0) is 14.8. The Labute approximate surface area is 119 Å². The van der Waals surface area contributed by atoms with Gasteiger partial charge in [0.15, 0.2) is 5.76 Å². The van der Waals surface area contributed by atoms with Crippen LogP contribution < -0.4 is 0 Å². The fraction of sp³-hybridized carbons (Fsp3) is 0.353. The number of benzene rings is 1. The molecule has 0 saturated carbocycles. The number of furan rings is 1. The zero-order valence-electron chi connectivity index (χ0n) is 12.4. The molecule has 0 unspecified atom stereocenters. The minimum atomic E-state index is -0.0891. The van der Waals surface area contributed by atoms with Crippen molar-refractivity contribution in [1.29, 1.82) is 0 Å². The highest BCUT2D eigenvalue weighted by molar-refractivity contribution is 6.08. The average Bonchev–Trinajstić information content (AvgIpc) is 2.86. The van der Waals surface area contributed by atoms with Gasteiger partial charge in [0, 0.05) is 12.7 Å². The van der Waals surface area contributed by atoms with Crippen molar-refractivity contribution in [2.45, 2.75) is 32.8 Å². The second-order valence-electron chi connectivity index (χ2n) is 5.82. The molecule has 0 aliphatic heterocycles. The van der Waals surface area contributed by atoms with Crippen molar-refractivity contribution in [3.05, 3.63) is 59.0 Å². The average molecular weight is 272 g/mol. The van der Waals surface area contributed by atoms with E-state index < -0.39 is 0 Å². The first-order chi connectivity index (χ1) is 9.43. The van der Waals surface area contributed by atoms with Gasteiger partial charge in [-0.25, -0.2) is 0 Å². The van der Waals surface area contributed by atoms with Crippen LogP contribution in [0.4, 0.5) is 0 Å². The van der Waals surface area contributed by atoms with E-state index in [1.54, 1.807) is 19.2 Å². The molecule has 106 valence electrons. The lowest BCUT2D eigenvalue weighted by Crippen LogP contribution is -2.17. The van der Waals surface area contributed by atoms with Crippen LogP contribution in [0, 0.1) is 0 Å². The van der Waals surface area contributed by atoms with Gasteiger partial charge in [0.2, 0.25) is 5.78 Å². The molecule has 2 aromatic rings. The first-order valence-electron chi connectivity index (χ1n) is 6.65. The predicted octanol–water partition coefficient (Wildman–Crippen LogP) is 3.95. The minimum Gasteiger partial charge on any atom is -0.455 e. The van der Waals surface area contributed by atoms with Gasteiger partial charge in [0.1, 0.15) is 12.4 Å². The van der Waals surface area contributed by atoms with Crippen molar-refractivity contribution in [3.63, 3.8) is 0 Å². The lowest BCUT2D eigenvalue weighted by molar-refractivity contribution is 0.0998. The summed E-state index contributed by atoms with van der Waals surface area (Å²) in [4.78, 5) is 12.6. The molecule has 3 nitrogen and oxygen atoms in total. The summed E-state index contributed by atoms with van der Waals surface area (Å²) in [6, 6.07) is 11.2. The van der Waals surface area contributed by atoms with Crippen LogP contribution >= 0.6 is 0 Å². The van der Waals surface area contributed by atoms with Crippen LogP contribution in [0.15, 0.2) is 40.8 Å². The Hall–Kier alpha value is -1.87. The highest BCUT2D eigenvalue weighted by Gasteiger charge is 2.23. The summed E-state index contributed by atoms with van der Waals surface area (Å²) in [5.41, 5.74) is 1.63. The molecule has 0 saturated heterocycles.